The van der Waals surface area contributed by atoms with Gasteiger partial charge < -0.3 is 10.2 Å². The molecule has 0 bridgehead atoms. The molecule has 0 fully saturated rings. The SMILES string of the molecule is NCCc1nnc(-c2cc3ccccc3o2)s1. The summed E-state index contributed by atoms with van der Waals surface area (Å²) in [6.45, 7) is 0.592. The zero-order chi connectivity index (χ0) is 11.7. The van der Waals surface area contributed by atoms with Gasteiger partial charge in [-0.15, -0.1) is 10.2 Å². The van der Waals surface area contributed by atoms with Gasteiger partial charge in [0.2, 0.25) is 0 Å². The number of hydrogen-bond acceptors (Lipinski definition) is 5. The molecule has 17 heavy (non-hydrogen) atoms. The Hall–Kier alpha value is -1.72. The zero-order valence-corrected chi connectivity index (χ0v) is 9.91. The second-order valence-corrected chi connectivity index (χ2v) is 4.75. The number of fused-ring (bicyclic) bond motifs is 1. The quantitative estimate of drug-likeness (QED) is 0.769. The minimum Gasteiger partial charge on any atom is -0.453 e. The molecule has 1 aromatic carbocycles. The van der Waals surface area contributed by atoms with E-state index in [4.69, 9.17) is 10.2 Å². The third kappa shape index (κ3) is 1.94. The fourth-order valence-corrected chi connectivity index (χ4v) is 2.47. The number of nitrogens with zero attached hydrogens (tertiary/aromatic N) is 2. The highest BCUT2D eigenvalue weighted by atomic mass is 32.1. The molecule has 3 aromatic rings. The maximum atomic E-state index is 5.72. The monoisotopic (exact) mass is 245 g/mol. The van der Waals surface area contributed by atoms with Gasteiger partial charge in [-0.3, -0.25) is 0 Å². The van der Waals surface area contributed by atoms with Crippen LogP contribution in [0.1, 0.15) is 5.01 Å². The molecule has 5 heteroatoms. The van der Waals surface area contributed by atoms with Crippen LogP contribution in [0.25, 0.3) is 21.7 Å². The Kier molecular flexibility index (Phi) is 2.62. The Balaban J connectivity index is 2.01. The number of para-hydroxylation sites is 1. The van der Waals surface area contributed by atoms with Crippen molar-refractivity contribution in [2.24, 2.45) is 5.73 Å². The fraction of sp³-hybridized carbons (Fsp3) is 0.167. The van der Waals surface area contributed by atoms with Crippen LogP contribution in [0.3, 0.4) is 0 Å². The maximum absolute atomic E-state index is 5.72. The molecule has 86 valence electrons. The molecule has 0 aliphatic heterocycles. The van der Waals surface area contributed by atoms with Crippen molar-refractivity contribution in [2.75, 3.05) is 6.54 Å². The molecule has 0 unspecified atom stereocenters. The normalized spacial score (nSPS) is 11.1. The lowest BCUT2D eigenvalue weighted by atomic mass is 10.2. The molecular weight excluding hydrogens is 234 g/mol. The average Bonchev–Trinajstić information content (AvgIpc) is 2.94. The van der Waals surface area contributed by atoms with E-state index >= 15 is 0 Å². The van der Waals surface area contributed by atoms with Crippen molar-refractivity contribution in [1.82, 2.24) is 10.2 Å². The molecule has 3 rings (SSSR count). The topological polar surface area (TPSA) is 64.9 Å². The number of nitrogens with two attached hydrogens (primary N) is 1. The van der Waals surface area contributed by atoms with Crippen LogP contribution in [0.15, 0.2) is 34.7 Å². The van der Waals surface area contributed by atoms with Gasteiger partial charge in [-0.25, -0.2) is 0 Å². The van der Waals surface area contributed by atoms with E-state index < -0.39 is 0 Å². The van der Waals surface area contributed by atoms with E-state index in [9.17, 15) is 0 Å². The summed E-state index contributed by atoms with van der Waals surface area (Å²) >= 11 is 1.53. The molecule has 2 heterocycles. The molecular formula is C12H11N3OS. The highest BCUT2D eigenvalue weighted by Gasteiger charge is 2.11. The third-order valence-corrected chi connectivity index (χ3v) is 3.46. The van der Waals surface area contributed by atoms with Gasteiger partial charge in [0.05, 0.1) is 0 Å². The number of aromatic nitrogens is 2. The van der Waals surface area contributed by atoms with Gasteiger partial charge in [0, 0.05) is 11.8 Å². The van der Waals surface area contributed by atoms with Gasteiger partial charge in [-0.1, -0.05) is 29.5 Å². The molecule has 4 nitrogen and oxygen atoms in total. The first-order valence-electron chi connectivity index (χ1n) is 5.38. The van der Waals surface area contributed by atoms with E-state index in [2.05, 4.69) is 10.2 Å². The zero-order valence-electron chi connectivity index (χ0n) is 9.09. The van der Waals surface area contributed by atoms with E-state index in [-0.39, 0.29) is 0 Å². The molecule has 0 spiro atoms. The fourth-order valence-electron chi connectivity index (χ4n) is 1.66. The van der Waals surface area contributed by atoms with Gasteiger partial charge >= 0.3 is 0 Å². The molecule has 0 saturated carbocycles. The van der Waals surface area contributed by atoms with Gasteiger partial charge in [0.15, 0.2) is 10.8 Å². The summed E-state index contributed by atoms with van der Waals surface area (Å²) in [5.41, 5.74) is 6.36. The lowest BCUT2D eigenvalue weighted by Crippen LogP contribution is -2.01. The highest BCUT2D eigenvalue weighted by Crippen LogP contribution is 2.29. The van der Waals surface area contributed by atoms with Crippen molar-refractivity contribution in [3.63, 3.8) is 0 Å². The Morgan fingerprint density at radius 1 is 1.24 bits per heavy atom. The highest BCUT2D eigenvalue weighted by molar-refractivity contribution is 7.14. The number of benzene rings is 1. The standard InChI is InChI=1S/C12H11N3OS/c13-6-5-11-14-15-12(17-11)10-7-8-3-1-2-4-9(8)16-10/h1-4,7H,5-6,13H2. The average molecular weight is 245 g/mol. The molecule has 0 atom stereocenters. The summed E-state index contributed by atoms with van der Waals surface area (Å²) in [5.74, 6) is 0.770. The molecule has 2 N–H and O–H groups in total. The molecule has 0 aliphatic carbocycles. The van der Waals surface area contributed by atoms with Crippen LogP contribution >= 0.6 is 11.3 Å². The third-order valence-electron chi connectivity index (χ3n) is 2.46. The Morgan fingerprint density at radius 3 is 2.94 bits per heavy atom. The summed E-state index contributed by atoms with van der Waals surface area (Å²) < 4.78 is 5.72. The van der Waals surface area contributed by atoms with Gasteiger partial charge in [0.1, 0.15) is 10.6 Å². The Bertz CT molecular complexity index is 611. The van der Waals surface area contributed by atoms with Crippen LogP contribution in [0.5, 0.6) is 0 Å². The van der Waals surface area contributed by atoms with Crippen molar-refractivity contribution in [3.8, 4) is 10.8 Å². The molecule has 0 amide bonds. The summed E-state index contributed by atoms with van der Waals surface area (Å²) in [6.07, 6.45) is 0.762. The first-order valence-corrected chi connectivity index (χ1v) is 6.20. The van der Waals surface area contributed by atoms with Gasteiger partial charge in [0.25, 0.3) is 0 Å². The Labute approximate surface area is 102 Å². The van der Waals surface area contributed by atoms with E-state index in [1.165, 1.54) is 11.3 Å². The predicted molar refractivity (Wildman–Crippen MR) is 67.9 cm³/mol. The minimum atomic E-state index is 0.592. The number of furan rings is 1. The first kappa shape index (κ1) is 10.4. The first-order chi connectivity index (χ1) is 8.36. The maximum Gasteiger partial charge on any atom is 0.183 e. The van der Waals surface area contributed by atoms with Crippen molar-refractivity contribution in [1.29, 1.82) is 0 Å². The van der Waals surface area contributed by atoms with Crippen LogP contribution < -0.4 is 5.73 Å². The van der Waals surface area contributed by atoms with Crippen LogP contribution in [0, 0.1) is 0 Å². The van der Waals surface area contributed by atoms with E-state index in [1.54, 1.807) is 0 Å². The molecule has 0 radical (unpaired) electrons. The molecule has 2 aromatic heterocycles. The van der Waals surface area contributed by atoms with Gasteiger partial charge in [-0.05, 0) is 18.7 Å². The summed E-state index contributed by atoms with van der Waals surface area (Å²) in [7, 11) is 0. The number of rotatable bonds is 3. The summed E-state index contributed by atoms with van der Waals surface area (Å²) in [6, 6.07) is 9.89. The van der Waals surface area contributed by atoms with E-state index in [0.717, 1.165) is 33.2 Å². The second-order valence-electron chi connectivity index (χ2n) is 3.69. The van der Waals surface area contributed by atoms with Crippen molar-refractivity contribution >= 4 is 22.3 Å². The number of hydrogen-bond donors (Lipinski definition) is 1. The van der Waals surface area contributed by atoms with Gasteiger partial charge in [-0.2, -0.15) is 0 Å². The predicted octanol–water partition coefficient (Wildman–Crippen LogP) is 2.45. The summed E-state index contributed by atoms with van der Waals surface area (Å²) in [5, 5.41) is 11.0. The smallest absolute Gasteiger partial charge is 0.183 e. The second kappa shape index (κ2) is 4.27. The molecule has 0 saturated heterocycles. The largest absolute Gasteiger partial charge is 0.453 e. The van der Waals surface area contributed by atoms with E-state index in [1.807, 2.05) is 30.3 Å². The van der Waals surface area contributed by atoms with Crippen LogP contribution in [-0.2, 0) is 6.42 Å². The lowest BCUT2D eigenvalue weighted by Gasteiger charge is -1.86. The van der Waals surface area contributed by atoms with Crippen molar-refractivity contribution in [3.05, 3.63) is 35.3 Å². The van der Waals surface area contributed by atoms with E-state index in [0.29, 0.717) is 6.54 Å². The molecule has 0 aliphatic rings. The van der Waals surface area contributed by atoms with Crippen LogP contribution in [-0.4, -0.2) is 16.7 Å². The van der Waals surface area contributed by atoms with Crippen LogP contribution in [0.4, 0.5) is 0 Å². The minimum absolute atomic E-state index is 0.592. The lowest BCUT2D eigenvalue weighted by molar-refractivity contribution is 0.630. The van der Waals surface area contributed by atoms with Crippen molar-refractivity contribution < 1.29 is 4.42 Å². The Morgan fingerprint density at radius 2 is 2.12 bits per heavy atom. The van der Waals surface area contributed by atoms with Crippen molar-refractivity contribution in [2.45, 2.75) is 6.42 Å². The summed E-state index contributed by atoms with van der Waals surface area (Å²) in [4.78, 5) is 0. The van der Waals surface area contributed by atoms with Crippen LogP contribution in [0.2, 0.25) is 0 Å².